The zero-order chi connectivity index (χ0) is 18.7. The largest absolute Gasteiger partial charge is 0.339 e. The highest BCUT2D eigenvalue weighted by Gasteiger charge is 2.23. The number of carbonyl (C=O) groups is 1. The molecule has 2 heterocycles. The van der Waals surface area contributed by atoms with Crippen LogP contribution in [0.4, 0.5) is 11.5 Å². The second-order valence-electron chi connectivity index (χ2n) is 8.25. The first kappa shape index (κ1) is 18.4. The number of anilines is 2. The number of hydrogen-bond acceptors (Lipinski definition) is 4. The molecule has 0 bridgehead atoms. The summed E-state index contributed by atoms with van der Waals surface area (Å²) >= 11 is 0. The van der Waals surface area contributed by atoms with Gasteiger partial charge in [0.15, 0.2) is 11.5 Å². The Balaban J connectivity index is 1.65. The number of benzene rings is 1. The fourth-order valence-corrected chi connectivity index (χ4v) is 3.25. The van der Waals surface area contributed by atoms with Gasteiger partial charge in [0.05, 0.1) is 0 Å². The van der Waals surface area contributed by atoms with E-state index in [1.807, 2.05) is 23.1 Å². The second-order valence-corrected chi connectivity index (χ2v) is 8.25. The number of likely N-dealkylation sites (tertiary alicyclic amines) is 1. The Hall–Kier alpha value is -2.43. The predicted octanol–water partition coefficient (Wildman–Crippen LogP) is 4.39. The van der Waals surface area contributed by atoms with E-state index in [4.69, 9.17) is 0 Å². The normalized spacial score (nSPS) is 17.8. The fraction of sp³-hybridized carbons (Fsp3) is 0.476. The highest BCUT2D eigenvalue weighted by atomic mass is 16.2. The van der Waals surface area contributed by atoms with Crippen molar-refractivity contribution in [2.45, 2.75) is 46.0 Å². The maximum absolute atomic E-state index is 12.5. The molecule has 2 aromatic rings. The first-order valence-electron chi connectivity index (χ1n) is 9.33. The molecule has 26 heavy (non-hydrogen) atoms. The molecule has 1 aromatic carbocycles. The molecule has 1 saturated heterocycles. The van der Waals surface area contributed by atoms with Crippen molar-refractivity contribution in [2.24, 2.45) is 5.92 Å². The molecule has 1 amide bonds. The van der Waals surface area contributed by atoms with Crippen molar-refractivity contribution in [3.63, 3.8) is 0 Å². The molecule has 5 nitrogen and oxygen atoms in total. The minimum Gasteiger partial charge on any atom is -0.339 e. The van der Waals surface area contributed by atoms with Crippen LogP contribution in [0.15, 0.2) is 36.4 Å². The van der Waals surface area contributed by atoms with Crippen LogP contribution in [-0.2, 0) is 5.41 Å². The molecule has 3 rings (SSSR count). The van der Waals surface area contributed by atoms with E-state index in [9.17, 15) is 4.79 Å². The third-order valence-electron chi connectivity index (χ3n) is 4.85. The van der Waals surface area contributed by atoms with Crippen LogP contribution in [0.25, 0.3) is 0 Å². The number of amides is 1. The Labute approximate surface area is 155 Å². The first-order chi connectivity index (χ1) is 12.3. The fourth-order valence-electron chi connectivity index (χ4n) is 3.25. The average Bonchev–Trinajstić information content (AvgIpc) is 2.61. The molecule has 1 unspecified atom stereocenters. The number of carbonyl (C=O) groups excluding carboxylic acids is 1. The van der Waals surface area contributed by atoms with Gasteiger partial charge in [0.1, 0.15) is 0 Å². The number of nitrogens with zero attached hydrogens (tertiary/aromatic N) is 3. The average molecular weight is 352 g/mol. The summed E-state index contributed by atoms with van der Waals surface area (Å²) in [4.78, 5) is 14.4. The van der Waals surface area contributed by atoms with Crippen molar-refractivity contribution in [3.8, 4) is 0 Å². The van der Waals surface area contributed by atoms with Crippen LogP contribution < -0.4 is 5.32 Å². The van der Waals surface area contributed by atoms with Crippen molar-refractivity contribution in [1.82, 2.24) is 15.1 Å². The van der Waals surface area contributed by atoms with Crippen molar-refractivity contribution in [3.05, 3.63) is 47.7 Å². The Kier molecular flexibility index (Phi) is 5.25. The minimum atomic E-state index is -0.0230. The van der Waals surface area contributed by atoms with Gasteiger partial charge >= 0.3 is 0 Å². The van der Waals surface area contributed by atoms with Crippen molar-refractivity contribution >= 4 is 17.4 Å². The summed E-state index contributed by atoms with van der Waals surface area (Å²) in [6, 6.07) is 11.9. The first-order valence-corrected chi connectivity index (χ1v) is 9.33. The number of aromatic nitrogens is 2. The third kappa shape index (κ3) is 4.40. The molecule has 0 aliphatic carbocycles. The SMILES string of the molecule is CC1CCCN(C(=O)c2ccc(Nc3ccc(C(C)(C)C)cc3)nn2)C1. The van der Waals surface area contributed by atoms with Gasteiger partial charge in [-0.2, -0.15) is 0 Å². The van der Waals surface area contributed by atoms with Crippen LogP contribution in [0, 0.1) is 5.92 Å². The van der Waals surface area contributed by atoms with Crippen molar-refractivity contribution in [2.75, 3.05) is 18.4 Å². The zero-order valence-corrected chi connectivity index (χ0v) is 16.1. The molecule has 1 fully saturated rings. The van der Waals surface area contributed by atoms with E-state index in [1.165, 1.54) is 12.0 Å². The van der Waals surface area contributed by atoms with Crippen LogP contribution >= 0.6 is 0 Å². The Morgan fingerprint density at radius 1 is 1.12 bits per heavy atom. The van der Waals surface area contributed by atoms with Gasteiger partial charge < -0.3 is 10.2 Å². The summed E-state index contributed by atoms with van der Waals surface area (Å²) in [6.45, 7) is 10.4. The molecule has 0 spiro atoms. The predicted molar refractivity (Wildman–Crippen MR) is 105 cm³/mol. The van der Waals surface area contributed by atoms with Crippen LogP contribution in [0.1, 0.15) is 56.6 Å². The lowest BCUT2D eigenvalue weighted by Gasteiger charge is -2.30. The molecular weight excluding hydrogens is 324 g/mol. The van der Waals surface area contributed by atoms with Crippen LogP contribution in [0.3, 0.4) is 0 Å². The van der Waals surface area contributed by atoms with Crippen LogP contribution in [0.5, 0.6) is 0 Å². The summed E-state index contributed by atoms with van der Waals surface area (Å²) in [6.07, 6.45) is 2.25. The highest BCUT2D eigenvalue weighted by Crippen LogP contribution is 2.24. The zero-order valence-electron chi connectivity index (χ0n) is 16.1. The Bertz CT molecular complexity index is 747. The highest BCUT2D eigenvalue weighted by molar-refractivity contribution is 5.92. The van der Waals surface area contributed by atoms with E-state index >= 15 is 0 Å². The second kappa shape index (κ2) is 7.44. The number of hydrogen-bond donors (Lipinski definition) is 1. The molecular formula is C21H28N4O. The van der Waals surface area contributed by atoms with Gasteiger partial charge in [0.25, 0.3) is 5.91 Å². The topological polar surface area (TPSA) is 58.1 Å². The van der Waals surface area contributed by atoms with Gasteiger partial charge in [-0.3, -0.25) is 4.79 Å². The van der Waals surface area contributed by atoms with Crippen LogP contribution in [-0.4, -0.2) is 34.1 Å². The van der Waals surface area contributed by atoms with Gasteiger partial charge in [0.2, 0.25) is 0 Å². The summed E-state index contributed by atoms with van der Waals surface area (Å²) in [5, 5.41) is 11.5. The Morgan fingerprint density at radius 3 is 2.42 bits per heavy atom. The summed E-state index contributed by atoms with van der Waals surface area (Å²) in [5.41, 5.74) is 2.78. The van der Waals surface area contributed by atoms with E-state index in [0.717, 1.165) is 25.2 Å². The molecule has 1 N–H and O–H groups in total. The van der Waals surface area contributed by atoms with Crippen molar-refractivity contribution in [1.29, 1.82) is 0 Å². The summed E-state index contributed by atoms with van der Waals surface area (Å²) in [5.74, 6) is 1.17. The molecule has 0 saturated carbocycles. The third-order valence-corrected chi connectivity index (χ3v) is 4.85. The van der Waals surface area contributed by atoms with E-state index in [2.05, 4.69) is 55.3 Å². The molecule has 1 aliphatic rings. The molecule has 138 valence electrons. The van der Waals surface area contributed by atoms with Gasteiger partial charge in [-0.25, -0.2) is 0 Å². The smallest absolute Gasteiger partial charge is 0.274 e. The van der Waals surface area contributed by atoms with E-state index < -0.39 is 0 Å². The number of nitrogens with one attached hydrogen (secondary N) is 1. The van der Waals surface area contributed by atoms with Gasteiger partial charge in [0, 0.05) is 18.8 Å². The quantitative estimate of drug-likeness (QED) is 0.890. The van der Waals surface area contributed by atoms with E-state index in [1.54, 1.807) is 6.07 Å². The van der Waals surface area contributed by atoms with E-state index in [-0.39, 0.29) is 11.3 Å². The van der Waals surface area contributed by atoms with Gasteiger partial charge in [-0.1, -0.05) is 39.8 Å². The van der Waals surface area contributed by atoms with Crippen LogP contribution in [0.2, 0.25) is 0 Å². The number of piperidine rings is 1. The standard InChI is InChI=1S/C21H28N4O/c1-15-6-5-13-25(14-15)20(26)18-11-12-19(24-23-18)22-17-9-7-16(8-10-17)21(2,3)4/h7-12,15H,5-6,13-14H2,1-4H3,(H,22,24). The summed E-state index contributed by atoms with van der Waals surface area (Å²) < 4.78 is 0. The molecule has 5 heteroatoms. The minimum absolute atomic E-state index is 0.0230. The lowest BCUT2D eigenvalue weighted by Crippen LogP contribution is -2.39. The Morgan fingerprint density at radius 2 is 1.85 bits per heavy atom. The maximum atomic E-state index is 12.5. The number of rotatable bonds is 3. The molecule has 1 atom stereocenters. The molecule has 0 radical (unpaired) electrons. The maximum Gasteiger partial charge on any atom is 0.274 e. The van der Waals surface area contributed by atoms with Gasteiger partial charge in [-0.05, 0) is 54.0 Å². The lowest BCUT2D eigenvalue weighted by atomic mass is 9.87. The summed E-state index contributed by atoms with van der Waals surface area (Å²) in [7, 11) is 0. The van der Waals surface area contributed by atoms with Gasteiger partial charge in [-0.15, -0.1) is 10.2 Å². The monoisotopic (exact) mass is 352 g/mol. The molecule has 1 aliphatic heterocycles. The van der Waals surface area contributed by atoms with Crippen molar-refractivity contribution < 1.29 is 4.79 Å². The van der Waals surface area contributed by atoms with E-state index in [0.29, 0.717) is 17.4 Å². The lowest BCUT2D eigenvalue weighted by molar-refractivity contribution is 0.0676. The molecule has 1 aromatic heterocycles.